The molecule has 6 heteroatoms. The van der Waals surface area contributed by atoms with Crippen LogP contribution < -0.4 is 5.32 Å². The first kappa shape index (κ1) is 14.5. The standard InChI is InChI=1S/C17H20N4O2/c22-17(12-4-3-5-13-16(12)19-7-6-18-13)20-14-10-23-11-15(14)21-8-1-2-9-21/h3-7,14-15H,1-2,8-11H2,(H,20,22)/t14-,15-/m0/s1. The molecule has 2 atom stereocenters. The number of para-hydroxylation sites is 1. The molecule has 0 spiro atoms. The molecule has 2 aliphatic heterocycles. The van der Waals surface area contributed by atoms with Gasteiger partial charge >= 0.3 is 0 Å². The lowest BCUT2D eigenvalue weighted by atomic mass is 10.1. The van der Waals surface area contributed by atoms with Crippen LogP contribution >= 0.6 is 0 Å². The Kier molecular flexibility index (Phi) is 3.93. The fourth-order valence-corrected chi connectivity index (χ4v) is 3.54. The number of aromatic nitrogens is 2. The van der Waals surface area contributed by atoms with Gasteiger partial charge in [-0.1, -0.05) is 6.07 Å². The van der Waals surface area contributed by atoms with Crippen LogP contribution in [0.25, 0.3) is 11.0 Å². The van der Waals surface area contributed by atoms with E-state index in [-0.39, 0.29) is 18.0 Å². The van der Waals surface area contributed by atoms with Gasteiger partial charge in [0.15, 0.2) is 0 Å². The molecule has 3 heterocycles. The van der Waals surface area contributed by atoms with Crippen LogP contribution in [0.4, 0.5) is 0 Å². The molecule has 0 unspecified atom stereocenters. The first-order valence-electron chi connectivity index (χ1n) is 8.15. The third kappa shape index (κ3) is 2.80. The van der Waals surface area contributed by atoms with Crippen molar-refractivity contribution < 1.29 is 9.53 Å². The number of fused-ring (bicyclic) bond motifs is 1. The van der Waals surface area contributed by atoms with E-state index in [0.29, 0.717) is 24.3 Å². The smallest absolute Gasteiger partial charge is 0.253 e. The lowest BCUT2D eigenvalue weighted by Crippen LogP contribution is -2.50. The summed E-state index contributed by atoms with van der Waals surface area (Å²) in [7, 11) is 0. The fourth-order valence-electron chi connectivity index (χ4n) is 3.54. The lowest BCUT2D eigenvalue weighted by Gasteiger charge is -2.28. The Bertz CT molecular complexity index is 709. The highest BCUT2D eigenvalue weighted by molar-refractivity contribution is 6.04. The van der Waals surface area contributed by atoms with Gasteiger partial charge in [-0.25, -0.2) is 0 Å². The van der Waals surface area contributed by atoms with Gasteiger partial charge in [-0.05, 0) is 38.1 Å². The van der Waals surface area contributed by atoms with E-state index in [1.165, 1.54) is 12.8 Å². The topological polar surface area (TPSA) is 67.3 Å². The number of ether oxygens (including phenoxy) is 1. The number of likely N-dealkylation sites (tertiary alicyclic amines) is 1. The van der Waals surface area contributed by atoms with Gasteiger partial charge < -0.3 is 10.1 Å². The maximum atomic E-state index is 12.7. The van der Waals surface area contributed by atoms with Crippen LogP contribution in [0.1, 0.15) is 23.2 Å². The van der Waals surface area contributed by atoms with Crippen molar-refractivity contribution in [3.63, 3.8) is 0 Å². The quantitative estimate of drug-likeness (QED) is 0.923. The molecule has 2 aromatic rings. The summed E-state index contributed by atoms with van der Waals surface area (Å²) in [6.45, 7) is 3.46. The van der Waals surface area contributed by atoms with E-state index >= 15 is 0 Å². The Morgan fingerprint density at radius 1 is 1.17 bits per heavy atom. The van der Waals surface area contributed by atoms with Crippen LogP contribution in [-0.4, -0.2) is 59.2 Å². The molecule has 1 amide bonds. The highest BCUT2D eigenvalue weighted by atomic mass is 16.5. The minimum atomic E-state index is -0.101. The Hall–Kier alpha value is -2.05. The van der Waals surface area contributed by atoms with E-state index in [2.05, 4.69) is 20.2 Å². The summed E-state index contributed by atoms with van der Waals surface area (Å²) in [5.41, 5.74) is 1.95. The number of nitrogens with one attached hydrogen (secondary N) is 1. The molecule has 120 valence electrons. The Balaban J connectivity index is 1.54. The van der Waals surface area contributed by atoms with Gasteiger partial charge in [0.2, 0.25) is 0 Å². The van der Waals surface area contributed by atoms with Crippen molar-refractivity contribution >= 4 is 16.9 Å². The average molecular weight is 312 g/mol. The van der Waals surface area contributed by atoms with Crippen molar-refractivity contribution in [3.8, 4) is 0 Å². The molecule has 2 fully saturated rings. The molecule has 0 aliphatic carbocycles. The Labute approximate surface area is 134 Å². The van der Waals surface area contributed by atoms with Crippen LogP contribution in [0.5, 0.6) is 0 Å². The average Bonchev–Trinajstić information content (AvgIpc) is 3.25. The van der Waals surface area contributed by atoms with E-state index in [1.54, 1.807) is 18.5 Å². The van der Waals surface area contributed by atoms with E-state index < -0.39 is 0 Å². The third-order valence-electron chi connectivity index (χ3n) is 4.72. The van der Waals surface area contributed by atoms with Gasteiger partial charge in [0, 0.05) is 12.4 Å². The van der Waals surface area contributed by atoms with Gasteiger partial charge in [-0.15, -0.1) is 0 Å². The largest absolute Gasteiger partial charge is 0.378 e. The number of rotatable bonds is 3. The molecule has 2 saturated heterocycles. The molecule has 2 aliphatic rings. The SMILES string of the molecule is O=C(N[C@H]1COC[C@@H]1N1CCCC1)c1cccc2nccnc12. The molecular formula is C17H20N4O2. The van der Waals surface area contributed by atoms with Crippen LogP contribution in [0.3, 0.4) is 0 Å². The fraction of sp³-hybridized carbons (Fsp3) is 0.471. The van der Waals surface area contributed by atoms with Gasteiger partial charge in [-0.3, -0.25) is 19.7 Å². The summed E-state index contributed by atoms with van der Waals surface area (Å²) < 4.78 is 5.62. The lowest BCUT2D eigenvalue weighted by molar-refractivity contribution is 0.0918. The summed E-state index contributed by atoms with van der Waals surface area (Å²) in [4.78, 5) is 23.7. The van der Waals surface area contributed by atoms with E-state index in [0.717, 1.165) is 18.6 Å². The minimum Gasteiger partial charge on any atom is -0.378 e. The first-order valence-corrected chi connectivity index (χ1v) is 8.15. The van der Waals surface area contributed by atoms with Crippen molar-refractivity contribution in [2.24, 2.45) is 0 Å². The van der Waals surface area contributed by atoms with Crippen LogP contribution in [0.15, 0.2) is 30.6 Å². The van der Waals surface area contributed by atoms with Crippen molar-refractivity contribution in [1.29, 1.82) is 0 Å². The van der Waals surface area contributed by atoms with E-state index in [9.17, 15) is 4.79 Å². The molecule has 23 heavy (non-hydrogen) atoms. The molecule has 0 bridgehead atoms. The number of carbonyl (C=O) groups excluding carboxylic acids is 1. The second-order valence-electron chi connectivity index (χ2n) is 6.16. The maximum absolute atomic E-state index is 12.7. The van der Waals surface area contributed by atoms with Gasteiger partial charge in [0.05, 0.1) is 36.4 Å². The number of hydrogen-bond acceptors (Lipinski definition) is 5. The Morgan fingerprint density at radius 3 is 2.87 bits per heavy atom. The van der Waals surface area contributed by atoms with Gasteiger partial charge in [-0.2, -0.15) is 0 Å². The summed E-state index contributed by atoms with van der Waals surface area (Å²) in [6, 6.07) is 5.82. The number of benzene rings is 1. The second kappa shape index (κ2) is 6.22. The minimum absolute atomic E-state index is 0.0347. The van der Waals surface area contributed by atoms with Crippen LogP contribution in [0, 0.1) is 0 Å². The molecule has 0 saturated carbocycles. The monoisotopic (exact) mass is 312 g/mol. The molecule has 4 rings (SSSR count). The molecule has 1 aromatic heterocycles. The highest BCUT2D eigenvalue weighted by Gasteiger charge is 2.35. The number of nitrogens with zero attached hydrogens (tertiary/aromatic N) is 3. The van der Waals surface area contributed by atoms with Crippen molar-refractivity contribution in [2.75, 3.05) is 26.3 Å². The van der Waals surface area contributed by atoms with E-state index in [4.69, 9.17) is 4.74 Å². The van der Waals surface area contributed by atoms with Gasteiger partial charge in [0.1, 0.15) is 5.52 Å². The molecule has 1 aromatic carbocycles. The number of carbonyl (C=O) groups is 1. The van der Waals surface area contributed by atoms with Gasteiger partial charge in [0.25, 0.3) is 5.91 Å². The van der Waals surface area contributed by atoms with Crippen molar-refractivity contribution in [2.45, 2.75) is 24.9 Å². The molecule has 0 radical (unpaired) electrons. The second-order valence-corrected chi connectivity index (χ2v) is 6.16. The zero-order valence-corrected chi connectivity index (χ0v) is 12.9. The summed E-state index contributed by atoms with van der Waals surface area (Å²) >= 11 is 0. The number of hydrogen-bond donors (Lipinski definition) is 1. The summed E-state index contributed by atoms with van der Waals surface area (Å²) in [5, 5.41) is 3.14. The zero-order chi connectivity index (χ0) is 15.6. The molecular weight excluding hydrogens is 292 g/mol. The zero-order valence-electron chi connectivity index (χ0n) is 12.9. The molecule has 1 N–H and O–H groups in total. The van der Waals surface area contributed by atoms with Crippen molar-refractivity contribution in [1.82, 2.24) is 20.2 Å². The summed E-state index contributed by atoms with van der Waals surface area (Å²) in [6.07, 6.45) is 5.72. The van der Waals surface area contributed by atoms with Crippen LogP contribution in [0.2, 0.25) is 0 Å². The summed E-state index contributed by atoms with van der Waals surface area (Å²) in [5.74, 6) is -0.101. The maximum Gasteiger partial charge on any atom is 0.253 e. The van der Waals surface area contributed by atoms with Crippen LogP contribution in [-0.2, 0) is 4.74 Å². The predicted molar refractivity (Wildman–Crippen MR) is 86.2 cm³/mol. The predicted octanol–water partition coefficient (Wildman–Crippen LogP) is 1.22. The molecule has 6 nitrogen and oxygen atoms in total. The normalized spacial score (nSPS) is 25.0. The first-order chi connectivity index (χ1) is 11.3. The van der Waals surface area contributed by atoms with E-state index in [1.807, 2.05) is 12.1 Å². The number of amides is 1. The highest BCUT2D eigenvalue weighted by Crippen LogP contribution is 2.20. The van der Waals surface area contributed by atoms with Crippen molar-refractivity contribution in [3.05, 3.63) is 36.2 Å². The third-order valence-corrected chi connectivity index (χ3v) is 4.72. The Morgan fingerprint density at radius 2 is 2.00 bits per heavy atom.